The minimum absolute atomic E-state index is 0.609. The van der Waals surface area contributed by atoms with Crippen LogP contribution in [0.2, 0.25) is 0 Å². The molecule has 0 aliphatic heterocycles. The Balaban J connectivity index is 0.000000511. The van der Waals surface area contributed by atoms with Gasteiger partial charge in [0.05, 0.1) is 5.69 Å². The van der Waals surface area contributed by atoms with Gasteiger partial charge in [-0.1, -0.05) is 69.5 Å². The van der Waals surface area contributed by atoms with E-state index in [9.17, 15) is 0 Å². The zero-order chi connectivity index (χ0) is 18.2. The average molecular weight is 338 g/mol. The molecule has 0 saturated carbocycles. The first-order valence-corrected chi connectivity index (χ1v) is 9.36. The summed E-state index contributed by atoms with van der Waals surface area (Å²) in [6, 6.07) is 16.8. The molecule has 0 unspecified atom stereocenters. The molecule has 1 heterocycles. The van der Waals surface area contributed by atoms with Crippen molar-refractivity contribution in [3.8, 4) is 5.75 Å². The Hall–Kier alpha value is -2.22. The van der Waals surface area contributed by atoms with Crippen LogP contribution in [0, 0.1) is 6.92 Å². The Morgan fingerprint density at radius 1 is 0.880 bits per heavy atom. The lowest BCUT2D eigenvalue weighted by Gasteiger charge is -2.10. The molecule has 3 aromatic rings. The highest BCUT2D eigenvalue weighted by atomic mass is 16.5. The van der Waals surface area contributed by atoms with Crippen LogP contribution in [-0.4, -0.2) is 4.57 Å². The van der Waals surface area contributed by atoms with Crippen LogP contribution in [0.5, 0.6) is 5.75 Å². The Morgan fingerprint density at radius 3 is 2.12 bits per heavy atom. The van der Waals surface area contributed by atoms with E-state index in [1.807, 2.05) is 12.1 Å². The lowest BCUT2D eigenvalue weighted by atomic mass is 10.1. The number of para-hydroxylation sites is 1. The molecule has 0 atom stereocenters. The summed E-state index contributed by atoms with van der Waals surface area (Å²) < 4.78 is 8.23. The Morgan fingerprint density at radius 2 is 1.52 bits per heavy atom. The molecule has 2 nitrogen and oxygen atoms in total. The number of fused-ring (bicyclic) bond motifs is 1. The minimum atomic E-state index is 0.609. The molecule has 3 rings (SSSR count). The molecule has 0 N–H and O–H groups in total. The predicted octanol–water partition coefficient (Wildman–Crippen LogP) is 6.43. The van der Waals surface area contributed by atoms with E-state index in [0.717, 1.165) is 12.2 Å². The second kappa shape index (κ2) is 9.31. The maximum Gasteiger partial charge on any atom is 0.128 e. The van der Waals surface area contributed by atoms with Gasteiger partial charge in [-0.3, -0.25) is 0 Å². The number of aromatic nitrogens is 1. The first kappa shape index (κ1) is 19.1. The Labute approximate surface area is 152 Å². The summed E-state index contributed by atoms with van der Waals surface area (Å²) in [5, 5.41) is 1.34. The third-order valence-electron chi connectivity index (χ3n) is 4.59. The average Bonchev–Trinajstić information content (AvgIpc) is 2.93. The molecule has 25 heavy (non-hydrogen) atoms. The first-order chi connectivity index (χ1) is 12.1. The molecule has 2 heteroatoms. The van der Waals surface area contributed by atoms with Crippen molar-refractivity contribution in [1.29, 1.82) is 0 Å². The van der Waals surface area contributed by atoms with Crippen molar-refractivity contribution >= 4 is 10.9 Å². The molecular formula is C23H31NO. The van der Waals surface area contributed by atoms with Crippen molar-refractivity contribution in [1.82, 2.24) is 4.57 Å². The summed E-state index contributed by atoms with van der Waals surface area (Å²) in [4.78, 5) is 0. The van der Waals surface area contributed by atoms with Crippen molar-refractivity contribution < 1.29 is 4.74 Å². The maximum atomic E-state index is 5.98. The monoisotopic (exact) mass is 337 g/mol. The fraction of sp³-hybridized carbons (Fsp3) is 0.391. The molecule has 0 saturated heterocycles. The lowest BCUT2D eigenvalue weighted by molar-refractivity contribution is 0.296. The largest absolute Gasteiger partial charge is 0.487 e. The molecule has 1 aromatic heterocycles. The number of unbranched alkanes of at least 4 members (excludes halogenated alkanes) is 1. The summed E-state index contributed by atoms with van der Waals surface area (Å²) in [7, 11) is 2.12. The molecule has 0 aliphatic rings. The summed E-state index contributed by atoms with van der Waals surface area (Å²) in [5.41, 5.74) is 5.18. The third-order valence-corrected chi connectivity index (χ3v) is 4.59. The second-order valence-electron chi connectivity index (χ2n) is 6.46. The van der Waals surface area contributed by atoms with Crippen LogP contribution in [-0.2, 0) is 20.1 Å². The maximum absolute atomic E-state index is 5.98. The van der Waals surface area contributed by atoms with E-state index in [0.29, 0.717) is 6.61 Å². The molecule has 0 spiro atoms. The van der Waals surface area contributed by atoms with Gasteiger partial charge < -0.3 is 9.30 Å². The summed E-state index contributed by atoms with van der Waals surface area (Å²) >= 11 is 0. The third kappa shape index (κ3) is 4.66. The van der Waals surface area contributed by atoms with Gasteiger partial charge in [0.2, 0.25) is 0 Å². The van der Waals surface area contributed by atoms with Crippen LogP contribution in [0.1, 0.15) is 50.4 Å². The van der Waals surface area contributed by atoms with Gasteiger partial charge in [0, 0.05) is 18.0 Å². The molecular weight excluding hydrogens is 306 g/mol. The standard InChI is InChI=1S/C19H21NO.C4H10/c1-4-16-17-7-5-6-8-18(17)20(3)19(16)13-21-15-11-9-14(2)10-12-15;1-3-4-2/h5-12H,4,13H2,1-3H3;3-4H2,1-2H3. The lowest BCUT2D eigenvalue weighted by Crippen LogP contribution is -2.04. The molecule has 134 valence electrons. The molecule has 2 aromatic carbocycles. The zero-order valence-corrected chi connectivity index (χ0v) is 16.3. The first-order valence-electron chi connectivity index (χ1n) is 9.36. The van der Waals surface area contributed by atoms with Gasteiger partial charge in [0.25, 0.3) is 0 Å². The molecule has 0 fully saturated rings. The van der Waals surface area contributed by atoms with Gasteiger partial charge in [-0.05, 0) is 37.1 Å². The number of benzene rings is 2. The van der Waals surface area contributed by atoms with Crippen LogP contribution < -0.4 is 4.74 Å². The van der Waals surface area contributed by atoms with Crippen molar-refractivity contribution in [3.63, 3.8) is 0 Å². The van der Waals surface area contributed by atoms with E-state index in [2.05, 4.69) is 75.7 Å². The molecule has 0 radical (unpaired) electrons. The highest BCUT2D eigenvalue weighted by Gasteiger charge is 2.13. The van der Waals surface area contributed by atoms with Crippen LogP contribution in [0.4, 0.5) is 0 Å². The Bertz CT molecular complexity index is 782. The van der Waals surface area contributed by atoms with Crippen LogP contribution >= 0.6 is 0 Å². The summed E-state index contributed by atoms with van der Waals surface area (Å²) in [5.74, 6) is 0.924. The van der Waals surface area contributed by atoms with Gasteiger partial charge in [-0.15, -0.1) is 0 Å². The fourth-order valence-electron chi connectivity index (χ4n) is 2.89. The highest BCUT2D eigenvalue weighted by molar-refractivity contribution is 5.85. The normalized spacial score (nSPS) is 10.4. The topological polar surface area (TPSA) is 14.2 Å². The second-order valence-corrected chi connectivity index (χ2v) is 6.46. The summed E-state index contributed by atoms with van der Waals surface area (Å²) in [6.07, 6.45) is 3.66. The Kier molecular flexibility index (Phi) is 7.12. The van der Waals surface area contributed by atoms with E-state index in [1.54, 1.807) is 0 Å². The van der Waals surface area contributed by atoms with Gasteiger partial charge >= 0.3 is 0 Å². The quantitative estimate of drug-likeness (QED) is 0.523. The number of aryl methyl sites for hydroxylation is 3. The highest BCUT2D eigenvalue weighted by Crippen LogP contribution is 2.27. The predicted molar refractivity (Wildman–Crippen MR) is 108 cm³/mol. The smallest absolute Gasteiger partial charge is 0.128 e. The summed E-state index contributed by atoms with van der Waals surface area (Å²) in [6.45, 7) is 9.26. The van der Waals surface area contributed by atoms with Gasteiger partial charge in [0.15, 0.2) is 0 Å². The number of nitrogens with zero attached hydrogens (tertiary/aromatic N) is 1. The van der Waals surface area contributed by atoms with Crippen molar-refractivity contribution in [2.24, 2.45) is 7.05 Å². The number of hydrogen-bond donors (Lipinski definition) is 0. The van der Waals surface area contributed by atoms with E-state index < -0.39 is 0 Å². The van der Waals surface area contributed by atoms with Crippen LogP contribution in [0.3, 0.4) is 0 Å². The number of hydrogen-bond acceptors (Lipinski definition) is 1. The van der Waals surface area contributed by atoms with Gasteiger partial charge in [0.1, 0.15) is 12.4 Å². The van der Waals surface area contributed by atoms with Gasteiger partial charge in [-0.2, -0.15) is 0 Å². The molecule has 0 bridgehead atoms. The van der Waals surface area contributed by atoms with E-state index >= 15 is 0 Å². The van der Waals surface area contributed by atoms with Crippen molar-refractivity contribution in [3.05, 3.63) is 65.4 Å². The zero-order valence-electron chi connectivity index (χ0n) is 16.3. The molecule has 0 aliphatic carbocycles. The van der Waals surface area contributed by atoms with Crippen molar-refractivity contribution in [2.45, 2.75) is 53.6 Å². The van der Waals surface area contributed by atoms with E-state index in [1.165, 1.54) is 40.6 Å². The van der Waals surface area contributed by atoms with Crippen molar-refractivity contribution in [2.75, 3.05) is 0 Å². The van der Waals surface area contributed by atoms with Crippen LogP contribution in [0.15, 0.2) is 48.5 Å². The van der Waals surface area contributed by atoms with E-state index in [4.69, 9.17) is 4.74 Å². The van der Waals surface area contributed by atoms with Crippen LogP contribution in [0.25, 0.3) is 10.9 Å². The fourth-order valence-corrected chi connectivity index (χ4v) is 2.89. The number of ether oxygens (including phenoxy) is 1. The molecule has 0 amide bonds. The SMILES string of the molecule is CCCC.CCc1c(COc2ccc(C)cc2)n(C)c2ccccc12. The number of rotatable bonds is 5. The van der Waals surface area contributed by atoms with Gasteiger partial charge in [-0.25, -0.2) is 0 Å². The minimum Gasteiger partial charge on any atom is -0.487 e. The van der Waals surface area contributed by atoms with E-state index in [-0.39, 0.29) is 0 Å².